The molecule has 0 radical (unpaired) electrons. The largest absolute Gasteiger partial charge is 0.454 e. The molecule has 1 aliphatic carbocycles. The van der Waals surface area contributed by atoms with Gasteiger partial charge in [0, 0.05) is 18.4 Å². The summed E-state index contributed by atoms with van der Waals surface area (Å²) in [6, 6.07) is 0. The minimum atomic E-state index is -0.838. The fourth-order valence-corrected chi connectivity index (χ4v) is 4.18. The number of ether oxygens (including phenoxy) is 3. The lowest BCUT2D eigenvalue weighted by Gasteiger charge is -2.28. The van der Waals surface area contributed by atoms with E-state index in [2.05, 4.69) is 6.58 Å². The van der Waals surface area contributed by atoms with Gasteiger partial charge < -0.3 is 14.2 Å². The van der Waals surface area contributed by atoms with Crippen molar-refractivity contribution >= 4 is 11.9 Å². The average Bonchev–Trinajstić information content (AvgIpc) is 3.21. The van der Waals surface area contributed by atoms with Gasteiger partial charge in [0.15, 0.2) is 6.10 Å². The molecular weight excluding hydrogens is 376 g/mol. The van der Waals surface area contributed by atoms with E-state index >= 15 is 0 Å². The Morgan fingerprint density at radius 2 is 2.10 bits per heavy atom. The molecule has 160 valence electrons. The summed E-state index contributed by atoms with van der Waals surface area (Å²) in [6.07, 6.45) is 6.62. The number of esters is 2. The summed E-state index contributed by atoms with van der Waals surface area (Å²) in [5.41, 5.74) is -0.0370. The quantitative estimate of drug-likeness (QED) is 0.187. The van der Waals surface area contributed by atoms with Crippen molar-refractivity contribution < 1.29 is 33.9 Å². The van der Waals surface area contributed by atoms with Gasteiger partial charge in [0.1, 0.15) is 11.7 Å². The predicted octanol–water partition coefficient (Wildman–Crippen LogP) is 3.50. The maximum absolute atomic E-state index is 12.3. The minimum absolute atomic E-state index is 0.0718. The van der Waals surface area contributed by atoms with E-state index in [1.165, 1.54) is 6.92 Å². The molecule has 2 saturated heterocycles. The molecule has 0 saturated carbocycles. The predicted molar refractivity (Wildman–Crippen MR) is 105 cm³/mol. The van der Waals surface area contributed by atoms with E-state index in [9.17, 15) is 14.8 Å². The smallest absolute Gasteiger partial charge is 0.334 e. The summed E-state index contributed by atoms with van der Waals surface area (Å²) in [5.74, 6) is -1.20. The molecule has 7 nitrogen and oxygen atoms in total. The highest BCUT2D eigenvalue weighted by Crippen LogP contribution is 2.47. The zero-order valence-electron chi connectivity index (χ0n) is 17.5. The van der Waals surface area contributed by atoms with E-state index in [0.29, 0.717) is 31.3 Å². The third kappa shape index (κ3) is 4.63. The van der Waals surface area contributed by atoms with Crippen molar-refractivity contribution in [3.05, 3.63) is 36.0 Å². The normalized spacial score (nSPS) is 43.1. The zero-order chi connectivity index (χ0) is 21.4. The van der Waals surface area contributed by atoms with Gasteiger partial charge in [-0.2, -0.15) is 0 Å². The van der Waals surface area contributed by atoms with Crippen LogP contribution in [0.15, 0.2) is 36.0 Å². The number of rotatable bonds is 2. The first-order valence-electron chi connectivity index (χ1n) is 10.0. The first kappa shape index (κ1) is 21.7. The molecule has 0 bridgehead atoms. The molecule has 0 spiro atoms. The number of carbonyl (C=O) groups is 2. The van der Waals surface area contributed by atoms with Crippen LogP contribution in [0.3, 0.4) is 0 Å². The number of hydrogen-bond acceptors (Lipinski definition) is 7. The number of allylic oxidation sites excluding steroid dienone is 1. The van der Waals surface area contributed by atoms with Crippen molar-refractivity contribution in [3.63, 3.8) is 0 Å². The Kier molecular flexibility index (Phi) is 6.03. The van der Waals surface area contributed by atoms with Gasteiger partial charge in [-0.3, -0.25) is 10.1 Å². The summed E-state index contributed by atoms with van der Waals surface area (Å²) in [4.78, 5) is 28.7. The van der Waals surface area contributed by atoms with E-state index in [4.69, 9.17) is 19.1 Å². The van der Waals surface area contributed by atoms with Gasteiger partial charge in [0.2, 0.25) is 0 Å². The number of epoxide rings is 1. The Hall–Kier alpha value is -1.96. The molecule has 29 heavy (non-hydrogen) atoms. The highest BCUT2D eigenvalue weighted by Gasteiger charge is 2.56. The standard InChI is InChI=1S/C22H30O7/c1-13-8-6-9-21(4,29-25)10-7-11-22(5)17(28-22)12-16-14(2)20(24)27-19(16)18(13)26-15(3)23/h7-8,10,16-19,25H,2,6,9,11-12H2,1,3-5H3/b10-7+,13-8+/t16-,17+,18+,19-,21-,22+/m1/s1. The number of fused-ring (bicyclic) bond motifs is 2. The number of carbonyl (C=O) groups excluding carboxylic acids is 2. The molecule has 0 unspecified atom stereocenters. The van der Waals surface area contributed by atoms with E-state index in [1.54, 1.807) is 6.92 Å². The van der Waals surface area contributed by atoms with Crippen molar-refractivity contribution in [1.29, 1.82) is 0 Å². The zero-order valence-corrected chi connectivity index (χ0v) is 17.5. The molecule has 0 aromatic carbocycles. The second-order valence-electron chi connectivity index (χ2n) is 8.68. The molecule has 2 aliphatic heterocycles. The second kappa shape index (κ2) is 8.05. The van der Waals surface area contributed by atoms with Gasteiger partial charge in [-0.1, -0.05) is 24.8 Å². The monoisotopic (exact) mass is 406 g/mol. The van der Waals surface area contributed by atoms with Crippen molar-refractivity contribution in [2.24, 2.45) is 5.92 Å². The molecule has 0 aromatic heterocycles. The fraction of sp³-hybridized carbons (Fsp3) is 0.636. The van der Waals surface area contributed by atoms with Gasteiger partial charge >= 0.3 is 11.9 Å². The molecule has 7 heteroatoms. The molecule has 3 aliphatic rings. The summed E-state index contributed by atoms with van der Waals surface area (Å²) >= 11 is 0. The molecule has 2 heterocycles. The van der Waals surface area contributed by atoms with E-state index in [1.807, 2.05) is 32.1 Å². The van der Waals surface area contributed by atoms with Crippen LogP contribution in [0.1, 0.15) is 53.4 Å². The maximum Gasteiger partial charge on any atom is 0.334 e. The third-order valence-electron chi connectivity index (χ3n) is 6.20. The molecule has 0 amide bonds. The van der Waals surface area contributed by atoms with Gasteiger partial charge in [0.05, 0.1) is 11.7 Å². The van der Waals surface area contributed by atoms with Crippen molar-refractivity contribution in [1.82, 2.24) is 0 Å². The van der Waals surface area contributed by atoms with Crippen molar-refractivity contribution in [3.8, 4) is 0 Å². The van der Waals surface area contributed by atoms with Crippen molar-refractivity contribution in [2.75, 3.05) is 0 Å². The van der Waals surface area contributed by atoms with Crippen LogP contribution in [0.2, 0.25) is 0 Å². The van der Waals surface area contributed by atoms with E-state index < -0.39 is 29.7 Å². The Morgan fingerprint density at radius 3 is 2.76 bits per heavy atom. The first-order chi connectivity index (χ1) is 13.6. The lowest BCUT2D eigenvalue weighted by Crippen LogP contribution is -2.37. The molecule has 3 rings (SSSR count). The van der Waals surface area contributed by atoms with Crippen LogP contribution in [0, 0.1) is 5.92 Å². The van der Waals surface area contributed by atoms with Crippen LogP contribution >= 0.6 is 0 Å². The highest BCUT2D eigenvalue weighted by molar-refractivity contribution is 5.91. The van der Waals surface area contributed by atoms with Crippen LogP contribution in [0.5, 0.6) is 0 Å². The third-order valence-corrected chi connectivity index (χ3v) is 6.20. The highest BCUT2D eigenvalue weighted by atomic mass is 17.1. The first-order valence-corrected chi connectivity index (χ1v) is 10.0. The Balaban J connectivity index is 1.95. The van der Waals surface area contributed by atoms with Crippen LogP contribution in [-0.2, 0) is 28.7 Å². The summed E-state index contributed by atoms with van der Waals surface area (Å²) in [6.45, 7) is 10.9. The second-order valence-corrected chi connectivity index (χ2v) is 8.68. The Morgan fingerprint density at radius 1 is 1.38 bits per heavy atom. The molecule has 0 aromatic rings. The van der Waals surface area contributed by atoms with Gasteiger partial charge in [0.25, 0.3) is 0 Å². The lowest BCUT2D eigenvalue weighted by molar-refractivity contribution is -0.303. The van der Waals surface area contributed by atoms with E-state index in [0.717, 1.165) is 5.57 Å². The average molecular weight is 406 g/mol. The van der Waals surface area contributed by atoms with Crippen LogP contribution in [-0.4, -0.2) is 46.7 Å². The maximum atomic E-state index is 12.3. The molecule has 1 N–H and O–H groups in total. The minimum Gasteiger partial charge on any atom is -0.454 e. The topological polar surface area (TPSA) is 94.6 Å². The van der Waals surface area contributed by atoms with E-state index in [-0.39, 0.29) is 17.6 Å². The van der Waals surface area contributed by atoms with Crippen LogP contribution in [0.25, 0.3) is 0 Å². The lowest BCUT2D eigenvalue weighted by atomic mass is 9.84. The SMILES string of the molecule is C=C1C(=O)O[C@@H]2[C@@H]1C[C@@H]1O[C@@]1(C)C/C=C/[C@](C)(OO)CC/C=C(\C)[C@@H]2OC(C)=O. The van der Waals surface area contributed by atoms with Gasteiger partial charge in [-0.25, -0.2) is 9.68 Å². The Bertz CT molecular complexity index is 754. The molecule has 2 fully saturated rings. The van der Waals surface area contributed by atoms with Crippen LogP contribution < -0.4 is 0 Å². The van der Waals surface area contributed by atoms with Crippen molar-refractivity contribution in [2.45, 2.75) is 82.9 Å². The van der Waals surface area contributed by atoms with Crippen LogP contribution in [0.4, 0.5) is 0 Å². The summed E-state index contributed by atoms with van der Waals surface area (Å²) < 4.78 is 17.1. The Labute approximate surface area is 171 Å². The summed E-state index contributed by atoms with van der Waals surface area (Å²) in [7, 11) is 0. The molecular formula is C22H30O7. The summed E-state index contributed by atoms with van der Waals surface area (Å²) in [5, 5.41) is 9.37. The van der Waals surface area contributed by atoms with Gasteiger partial charge in [-0.05, 0) is 52.0 Å². The number of hydrogen-bond donors (Lipinski definition) is 1. The fourth-order valence-electron chi connectivity index (χ4n) is 4.18. The molecule has 6 atom stereocenters. The van der Waals surface area contributed by atoms with Gasteiger partial charge in [-0.15, -0.1) is 0 Å².